The Morgan fingerprint density at radius 1 is 1.44 bits per heavy atom. The number of ether oxygens (including phenoxy) is 1. The molecule has 1 aromatic carbocycles. The van der Waals surface area contributed by atoms with Crippen LogP contribution < -0.4 is 5.32 Å². The van der Waals surface area contributed by atoms with Gasteiger partial charge in [-0.05, 0) is 36.9 Å². The topological polar surface area (TPSA) is 58.6 Å². The SMILES string of the molecule is C=CC(=O)NCC1CN(C(=O)c2cc3cc(C)ccc3s2)CCCO1. The van der Waals surface area contributed by atoms with Crippen LogP contribution in [0, 0.1) is 6.92 Å². The highest BCUT2D eigenvalue weighted by Crippen LogP contribution is 2.27. The number of carbonyl (C=O) groups is 2. The molecule has 0 bridgehead atoms. The van der Waals surface area contributed by atoms with Gasteiger partial charge in [0.05, 0.1) is 11.0 Å². The molecule has 5 nitrogen and oxygen atoms in total. The fourth-order valence-corrected chi connectivity index (χ4v) is 3.92. The van der Waals surface area contributed by atoms with Crippen LogP contribution in [0.4, 0.5) is 0 Å². The molecule has 1 aliphatic heterocycles. The minimum atomic E-state index is -0.231. The number of rotatable bonds is 4. The minimum absolute atomic E-state index is 0.0319. The van der Waals surface area contributed by atoms with Gasteiger partial charge in [-0.25, -0.2) is 0 Å². The zero-order chi connectivity index (χ0) is 17.8. The van der Waals surface area contributed by atoms with E-state index in [1.165, 1.54) is 23.0 Å². The summed E-state index contributed by atoms with van der Waals surface area (Å²) in [6.45, 7) is 7.59. The van der Waals surface area contributed by atoms with Crippen molar-refractivity contribution in [2.45, 2.75) is 19.4 Å². The fourth-order valence-electron chi connectivity index (χ4n) is 2.91. The average molecular weight is 358 g/mol. The van der Waals surface area contributed by atoms with Gasteiger partial charge in [-0.3, -0.25) is 9.59 Å². The van der Waals surface area contributed by atoms with Gasteiger partial charge in [0.2, 0.25) is 5.91 Å². The van der Waals surface area contributed by atoms with Crippen LogP contribution in [-0.4, -0.2) is 49.1 Å². The second-order valence-electron chi connectivity index (χ2n) is 6.20. The van der Waals surface area contributed by atoms with Crippen molar-refractivity contribution in [3.63, 3.8) is 0 Å². The van der Waals surface area contributed by atoms with Gasteiger partial charge >= 0.3 is 0 Å². The number of carbonyl (C=O) groups excluding carboxylic acids is 2. The lowest BCUT2D eigenvalue weighted by atomic mass is 10.2. The summed E-state index contributed by atoms with van der Waals surface area (Å²) in [5.74, 6) is -0.199. The number of amides is 2. The summed E-state index contributed by atoms with van der Waals surface area (Å²) in [5, 5.41) is 3.85. The molecule has 2 aromatic rings. The van der Waals surface area contributed by atoms with Crippen LogP contribution >= 0.6 is 11.3 Å². The molecule has 1 unspecified atom stereocenters. The van der Waals surface area contributed by atoms with Crippen molar-refractivity contribution in [1.82, 2.24) is 10.2 Å². The molecule has 1 N–H and O–H groups in total. The molecule has 0 radical (unpaired) electrons. The van der Waals surface area contributed by atoms with Crippen molar-refractivity contribution in [1.29, 1.82) is 0 Å². The highest BCUT2D eigenvalue weighted by Gasteiger charge is 2.24. The Hall–Kier alpha value is -2.18. The van der Waals surface area contributed by atoms with Gasteiger partial charge in [-0.15, -0.1) is 11.3 Å². The summed E-state index contributed by atoms with van der Waals surface area (Å²) in [5.41, 5.74) is 1.19. The lowest BCUT2D eigenvalue weighted by Gasteiger charge is -2.23. The third-order valence-electron chi connectivity index (χ3n) is 4.21. The Labute approximate surface area is 151 Å². The molecule has 1 aromatic heterocycles. The predicted octanol–water partition coefficient (Wildman–Crippen LogP) is 2.74. The van der Waals surface area contributed by atoms with Crippen molar-refractivity contribution in [3.8, 4) is 0 Å². The molecule has 1 saturated heterocycles. The summed E-state index contributed by atoms with van der Waals surface area (Å²) in [6, 6.07) is 8.19. The number of thiophene rings is 1. The molecule has 1 atom stereocenters. The van der Waals surface area contributed by atoms with Crippen molar-refractivity contribution >= 4 is 33.2 Å². The molecule has 25 heavy (non-hydrogen) atoms. The highest BCUT2D eigenvalue weighted by molar-refractivity contribution is 7.20. The van der Waals surface area contributed by atoms with Crippen molar-refractivity contribution in [3.05, 3.63) is 47.4 Å². The van der Waals surface area contributed by atoms with E-state index in [1.54, 1.807) is 0 Å². The molecule has 2 heterocycles. The monoisotopic (exact) mass is 358 g/mol. The second-order valence-corrected chi connectivity index (χ2v) is 7.28. The molecule has 1 aliphatic rings. The van der Waals surface area contributed by atoms with Crippen LogP contribution in [0.2, 0.25) is 0 Å². The zero-order valence-electron chi connectivity index (χ0n) is 14.3. The first kappa shape index (κ1) is 17.6. The Kier molecular flexibility index (Phi) is 5.50. The summed E-state index contributed by atoms with van der Waals surface area (Å²) >= 11 is 1.52. The van der Waals surface area contributed by atoms with Crippen LogP contribution in [0.25, 0.3) is 10.1 Å². The van der Waals surface area contributed by atoms with Gasteiger partial charge < -0.3 is 15.0 Å². The van der Waals surface area contributed by atoms with Crippen LogP contribution in [0.1, 0.15) is 21.7 Å². The molecule has 0 saturated carbocycles. The largest absolute Gasteiger partial charge is 0.374 e. The fraction of sp³-hybridized carbons (Fsp3) is 0.368. The highest BCUT2D eigenvalue weighted by atomic mass is 32.1. The number of fused-ring (bicyclic) bond motifs is 1. The Balaban J connectivity index is 1.72. The van der Waals surface area contributed by atoms with Crippen molar-refractivity contribution in [2.75, 3.05) is 26.2 Å². The molecule has 1 fully saturated rings. The summed E-state index contributed by atoms with van der Waals surface area (Å²) in [7, 11) is 0. The maximum absolute atomic E-state index is 12.9. The van der Waals surface area contributed by atoms with E-state index in [-0.39, 0.29) is 17.9 Å². The molecule has 0 aliphatic carbocycles. The van der Waals surface area contributed by atoms with E-state index in [0.717, 1.165) is 21.4 Å². The van der Waals surface area contributed by atoms with Crippen molar-refractivity contribution in [2.24, 2.45) is 0 Å². The van der Waals surface area contributed by atoms with E-state index in [1.807, 2.05) is 17.9 Å². The van der Waals surface area contributed by atoms with E-state index in [0.29, 0.717) is 26.2 Å². The number of aryl methyl sites for hydroxylation is 1. The van der Waals surface area contributed by atoms with Crippen LogP contribution in [0.5, 0.6) is 0 Å². The first-order valence-electron chi connectivity index (χ1n) is 8.38. The van der Waals surface area contributed by atoms with Gasteiger partial charge in [-0.1, -0.05) is 24.3 Å². The van der Waals surface area contributed by atoms with Gasteiger partial charge in [-0.2, -0.15) is 0 Å². The third-order valence-corrected chi connectivity index (χ3v) is 5.31. The van der Waals surface area contributed by atoms with Gasteiger partial charge in [0.25, 0.3) is 5.91 Å². The summed E-state index contributed by atoms with van der Waals surface area (Å²) < 4.78 is 6.87. The number of hydrogen-bond acceptors (Lipinski definition) is 4. The first-order valence-corrected chi connectivity index (χ1v) is 9.20. The molecular weight excluding hydrogens is 336 g/mol. The number of nitrogens with zero attached hydrogens (tertiary/aromatic N) is 1. The van der Waals surface area contributed by atoms with Gasteiger partial charge in [0, 0.05) is 30.9 Å². The maximum atomic E-state index is 12.9. The van der Waals surface area contributed by atoms with Gasteiger partial charge in [0.1, 0.15) is 0 Å². The molecular formula is C19H22N2O3S. The summed E-state index contributed by atoms with van der Waals surface area (Å²) in [6.07, 6.45) is 1.83. The Bertz CT molecular complexity index is 799. The first-order chi connectivity index (χ1) is 12.1. The minimum Gasteiger partial charge on any atom is -0.374 e. The van der Waals surface area contributed by atoms with Gasteiger partial charge in [0.15, 0.2) is 0 Å². The second kappa shape index (κ2) is 7.80. The van der Waals surface area contributed by atoms with E-state index in [2.05, 4.69) is 30.1 Å². The number of benzene rings is 1. The molecule has 6 heteroatoms. The quantitative estimate of drug-likeness (QED) is 0.855. The summed E-state index contributed by atoms with van der Waals surface area (Å²) in [4.78, 5) is 26.8. The van der Waals surface area contributed by atoms with Crippen molar-refractivity contribution < 1.29 is 14.3 Å². The van der Waals surface area contributed by atoms with E-state index < -0.39 is 0 Å². The normalized spacial score (nSPS) is 18.0. The number of nitrogens with one attached hydrogen (secondary N) is 1. The lowest BCUT2D eigenvalue weighted by Crippen LogP contribution is -2.41. The third kappa shape index (κ3) is 4.27. The molecule has 3 rings (SSSR count). The lowest BCUT2D eigenvalue weighted by molar-refractivity contribution is -0.117. The van der Waals surface area contributed by atoms with Crippen LogP contribution in [0.15, 0.2) is 36.9 Å². The smallest absolute Gasteiger partial charge is 0.264 e. The predicted molar refractivity (Wildman–Crippen MR) is 100 cm³/mol. The Morgan fingerprint density at radius 2 is 2.28 bits per heavy atom. The van der Waals surface area contributed by atoms with E-state index in [4.69, 9.17) is 4.74 Å². The standard InChI is InChI=1S/C19H22N2O3S/c1-3-18(22)20-11-15-12-21(7-4-8-24-15)19(23)17-10-14-9-13(2)5-6-16(14)25-17/h3,5-6,9-10,15H,1,4,7-8,11-12H2,2H3,(H,20,22). The maximum Gasteiger partial charge on any atom is 0.264 e. The average Bonchev–Trinajstić information content (AvgIpc) is 2.88. The van der Waals surface area contributed by atoms with Crippen LogP contribution in [0.3, 0.4) is 0 Å². The Morgan fingerprint density at radius 3 is 3.08 bits per heavy atom. The molecule has 0 spiro atoms. The molecule has 132 valence electrons. The van der Waals surface area contributed by atoms with Crippen LogP contribution in [-0.2, 0) is 9.53 Å². The molecule has 2 amide bonds. The van der Waals surface area contributed by atoms with E-state index in [9.17, 15) is 9.59 Å². The zero-order valence-corrected chi connectivity index (χ0v) is 15.1. The number of hydrogen-bond donors (Lipinski definition) is 1. The van der Waals surface area contributed by atoms with E-state index >= 15 is 0 Å².